The number of hydrogen-bond donors (Lipinski definition) is 0. The molecule has 1 nitrogen and oxygen atoms in total. The molecule has 0 amide bonds. The molecule has 0 aliphatic heterocycles. The van der Waals surface area contributed by atoms with E-state index in [4.69, 9.17) is 0 Å². The van der Waals surface area contributed by atoms with Crippen LogP contribution in [0.1, 0.15) is 78.9 Å². The summed E-state index contributed by atoms with van der Waals surface area (Å²) in [5.74, 6) is 7.87. The Labute approximate surface area is 115 Å². The van der Waals surface area contributed by atoms with Crippen LogP contribution in [-0.2, 0) is 0 Å². The number of carbonyl (C=O) groups is 1. The Morgan fingerprint density at radius 1 is 1.16 bits per heavy atom. The summed E-state index contributed by atoms with van der Waals surface area (Å²) >= 11 is 0. The van der Waals surface area contributed by atoms with Gasteiger partial charge in [-0.3, -0.25) is 4.79 Å². The summed E-state index contributed by atoms with van der Waals surface area (Å²) < 4.78 is 0. The maximum atomic E-state index is 11.3. The van der Waals surface area contributed by atoms with Gasteiger partial charge in [0.1, 0.15) is 0 Å². The molecule has 2 bridgehead atoms. The molecule has 0 heterocycles. The molecule has 0 radical (unpaired) electrons. The Hall–Kier alpha value is -1.55. The summed E-state index contributed by atoms with van der Waals surface area (Å²) in [6.45, 7) is 6.28. The van der Waals surface area contributed by atoms with Crippen LogP contribution in [0, 0.1) is 17.3 Å². The summed E-state index contributed by atoms with van der Waals surface area (Å²) in [7, 11) is 0. The predicted octanol–water partition coefficient (Wildman–Crippen LogP) is 4.26. The zero-order valence-corrected chi connectivity index (χ0v) is 11.9. The van der Waals surface area contributed by atoms with Crippen LogP contribution >= 0.6 is 0 Å². The van der Waals surface area contributed by atoms with E-state index in [0.717, 1.165) is 23.3 Å². The van der Waals surface area contributed by atoms with Crippen LogP contribution in [0.3, 0.4) is 0 Å². The Kier molecular flexibility index (Phi) is 2.78. The fraction of sp³-hybridized carbons (Fsp3) is 0.500. The van der Waals surface area contributed by atoms with Crippen molar-refractivity contribution in [3.63, 3.8) is 0 Å². The third-order valence-corrected chi connectivity index (χ3v) is 4.27. The van der Waals surface area contributed by atoms with E-state index in [-0.39, 0.29) is 5.41 Å². The molecule has 0 aromatic heterocycles. The number of benzene rings is 1. The number of aldehydes is 1. The van der Waals surface area contributed by atoms with Gasteiger partial charge in [0.2, 0.25) is 0 Å². The first-order valence-electron chi connectivity index (χ1n) is 7.14. The van der Waals surface area contributed by atoms with Crippen LogP contribution in [0.5, 0.6) is 0 Å². The molecule has 0 N–H and O–H groups in total. The lowest BCUT2D eigenvalue weighted by atomic mass is 9.88. The largest absolute Gasteiger partial charge is 0.298 e. The van der Waals surface area contributed by atoms with Gasteiger partial charge in [0.05, 0.1) is 0 Å². The first-order chi connectivity index (χ1) is 8.98. The highest BCUT2D eigenvalue weighted by molar-refractivity contribution is 5.81. The third kappa shape index (κ3) is 2.21. The average molecular weight is 252 g/mol. The molecule has 3 rings (SSSR count). The van der Waals surface area contributed by atoms with Crippen LogP contribution in [0.4, 0.5) is 0 Å². The van der Waals surface area contributed by atoms with E-state index in [1.807, 2.05) is 0 Å². The van der Waals surface area contributed by atoms with Crippen molar-refractivity contribution >= 4 is 6.29 Å². The highest BCUT2D eigenvalue weighted by Crippen LogP contribution is 2.53. The molecule has 2 aliphatic carbocycles. The van der Waals surface area contributed by atoms with Gasteiger partial charge in [-0.25, -0.2) is 0 Å². The number of rotatable bonds is 1. The standard InChI is InChI=1S/C18H20O/c1-18(2,3)7-6-12-9-16-13-4-5-14(8-13)17(16)10-15(12)11-19/h9-11,13-14H,4-5,8H2,1-3H3. The maximum Gasteiger partial charge on any atom is 0.151 e. The van der Waals surface area contributed by atoms with Crippen molar-refractivity contribution in [1.82, 2.24) is 0 Å². The van der Waals surface area contributed by atoms with Crippen molar-refractivity contribution in [1.29, 1.82) is 0 Å². The summed E-state index contributed by atoms with van der Waals surface area (Å²) in [4.78, 5) is 11.3. The fourth-order valence-corrected chi connectivity index (χ4v) is 3.36. The molecule has 2 unspecified atom stereocenters. The Morgan fingerprint density at radius 3 is 2.37 bits per heavy atom. The molecule has 2 atom stereocenters. The molecular weight excluding hydrogens is 232 g/mol. The molecule has 1 heteroatoms. The second-order valence-corrected chi connectivity index (χ2v) is 6.89. The Bertz CT molecular complexity index is 593. The Balaban J connectivity index is 2.08. The lowest BCUT2D eigenvalue weighted by Crippen LogP contribution is -2.03. The SMILES string of the molecule is CC(C)(C)C#Cc1cc2c(cc1C=O)C1CCC2C1. The highest BCUT2D eigenvalue weighted by Gasteiger charge is 2.37. The van der Waals surface area contributed by atoms with Gasteiger partial charge in [-0.1, -0.05) is 11.8 Å². The van der Waals surface area contributed by atoms with Crippen molar-refractivity contribution < 1.29 is 4.79 Å². The fourth-order valence-electron chi connectivity index (χ4n) is 3.36. The van der Waals surface area contributed by atoms with Crippen LogP contribution in [-0.4, -0.2) is 6.29 Å². The quantitative estimate of drug-likeness (QED) is 0.539. The predicted molar refractivity (Wildman–Crippen MR) is 77.5 cm³/mol. The molecule has 1 aromatic carbocycles. The van der Waals surface area contributed by atoms with Crippen molar-refractivity contribution in [2.75, 3.05) is 0 Å². The molecule has 1 fully saturated rings. The molecule has 1 saturated carbocycles. The second-order valence-electron chi connectivity index (χ2n) is 6.89. The number of carbonyl (C=O) groups excluding carboxylic acids is 1. The molecular formula is C18H20O. The van der Waals surface area contributed by atoms with Crippen LogP contribution in [0.15, 0.2) is 12.1 Å². The molecule has 1 aromatic rings. The van der Waals surface area contributed by atoms with Crippen LogP contribution < -0.4 is 0 Å². The number of hydrogen-bond acceptors (Lipinski definition) is 1. The average Bonchev–Trinajstić information content (AvgIpc) is 2.95. The van der Waals surface area contributed by atoms with Gasteiger partial charge in [0.25, 0.3) is 0 Å². The van der Waals surface area contributed by atoms with Gasteiger partial charge in [-0.2, -0.15) is 0 Å². The van der Waals surface area contributed by atoms with Gasteiger partial charge in [-0.05, 0) is 75.1 Å². The van der Waals surface area contributed by atoms with Crippen molar-refractivity contribution in [2.24, 2.45) is 5.41 Å². The van der Waals surface area contributed by atoms with E-state index in [1.165, 1.54) is 30.4 Å². The van der Waals surface area contributed by atoms with E-state index < -0.39 is 0 Å². The molecule has 0 spiro atoms. The first kappa shape index (κ1) is 12.5. The third-order valence-electron chi connectivity index (χ3n) is 4.27. The Morgan fingerprint density at radius 2 is 1.79 bits per heavy atom. The normalized spacial score (nSPS) is 23.7. The van der Waals surface area contributed by atoms with Gasteiger partial charge < -0.3 is 0 Å². The lowest BCUT2D eigenvalue weighted by Gasteiger charge is -2.16. The monoisotopic (exact) mass is 252 g/mol. The summed E-state index contributed by atoms with van der Waals surface area (Å²) in [5.41, 5.74) is 4.53. The molecule has 2 aliphatic rings. The second kappa shape index (κ2) is 4.23. The topological polar surface area (TPSA) is 17.1 Å². The summed E-state index contributed by atoms with van der Waals surface area (Å²) in [6, 6.07) is 4.28. The van der Waals surface area contributed by atoms with E-state index in [2.05, 4.69) is 44.7 Å². The van der Waals surface area contributed by atoms with E-state index >= 15 is 0 Å². The molecule has 0 saturated heterocycles. The van der Waals surface area contributed by atoms with Gasteiger partial charge >= 0.3 is 0 Å². The maximum absolute atomic E-state index is 11.3. The smallest absolute Gasteiger partial charge is 0.151 e. The zero-order chi connectivity index (χ0) is 13.6. The minimum absolute atomic E-state index is 0.0296. The van der Waals surface area contributed by atoms with Crippen molar-refractivity contribution in [2.45, 2.75) is 51.9 Å². The highest BCUT2D eigenvalue weighted by atomic mass is 16.1. The van der Waals surface area contributed by atoms with E-state index in [0.29, 0.717) is 5.92 Å². The summed E-state index contributed by atoms with van der Waals surface area (Å²) in [5, 5.41) is 0. The van der Waals surface area contributed by atoms with Crippen molar-refractivity contribution in [3.8, 4) is 11.8 Å². The lowest BCUT2D eigenvalue weighted by molar-refractivity contribution is 0.112. The van der Waals surface area contributed by atoms with Gasteiger partial charge in [0, 0.05) is 16.5 Å². The van der Waals surface area contributed by atoms with Crippen molar-refractivity contribution in [3.05, 3.63) is 34.4 Å². The number of fused-ring (bicyclic) bond motifs is 5. The van der Waals surface area contributed by atoms with Crippen LogP contribution in [0.25, 0.3) is 0 Å². The molecule has 98 valence electrons. The van der Waals surface area contributed by atoms with Gasteiger partial charge in [-0.15, -0.1) is 0 Å². The summed E-state index contributed by atoms with van der Waals surface area (Å²) in [6.07, 6.45) is 4.84. The van der Waals surface area contributed by atoms with E-state index in [1.54, 1.807) is 0 Å². The minimum atomic E-state index is -0.0296. The van der Waals surface area contributed by atoms with Gasteiger partial charge in [0.15, 0.2) is 6.29 Å². The first-order valence-corrected chi connectivity index (χ1v) is 7.14. The minimum Gasteiger partial charge on any atom is -0.298 e. The molecule has 19 heavy (non-hydrogen) atoms. The van der Waals surface area contributed by atoms with E-state index in [9.17, 15) is 4.79 Å². The van der Waals surface area contributed by atoms with Crippen LogP contribution in [0.2, 0.25) is 0 Å². The zero-order valence-electron chi connectivity index (χ0n) is 11.9.